The van der Waals surface area contributed by atoms with Crippen LogP contribution in [0.4, 0.5) is 0 Å². The van der Waals surface area contributed by atoms with Crippen LogP contribution in [0.5, 0.6) is 0 Å². The zero-order valence-corrected chi connectivity index (χ0v) is 10.1. The van der Waals surface area contributed by atoms with Crippen LogP contribution in [0.2, 0.25) is 0 Å². The molecule has 3 nitrogen and oxygen atoms in total. The predicted molar refractivity (Wildman–Crippen MR) is 65.1 cm³/mol. The number of aromatic nitrogens is 1. The molecule has 0 amide bonds. The minimum Gasteiger partial charge on any atom is -0.360 e. The molecule has 1 aliphatic carbocycles. The van der Waals surface area contributed by atoms with Gasteiger partial charge in [-0.05, 0) is 36.9 Å². The highest BCUT2D eigenvalue weighted by Crippen LogP contribution is 2.38. The third-order valence-corrected chi connectivity index (χ3v) is 4.16. The van der Waals surface area contributed by atoms with Gasteiger partial charge in [-0.15, -0.1) is 0 Å². The highest BCUT2D eigenvalue weighted by molar-refractivity contribution is 5.41. The molecule has 3 rings (SSSR count). The van der Waals surface area contributed by atoms with E-state index in [4.69, 9.17) is 5.73 Å². The number of hydrogen-bond donors (Lipinski definition) is 2. The fraction of sp³-hybridized carbons (Fsp3) is 0.692. The Labute approximate surface area is 97.0 Å². The van der Waals surface area contributed by atoms with Gasteiger partial charge in [0.1, 0.15) is 0 Å². The Kier molecular flexibility index (Phi) is 2.52. The molecule has 1 aromatic rings. The van der Waals surface area contributed by atoms with E-state index in [2.05, 4.69) is 16.9 Å². The summed E-state index contributed by atoms with van der Waals surface area (Å²) in [5.41, 5.74) is 11.7. The van der Waals surface area contributed by atoms with Crippen LogP contribution < -0.4 is 5.73 Å². The van der Waals surface area contributed by atoms with Gasteiger partial charge in [0.05, 0.1) is 0 Å². The fourth-order valence-electron chi connectivity index (χ4n) is 3.38. The van der Waals surface area contributed by atoms with E-state index in [0.29, 0.717) is 6.54 Å². The first-order chi connectivity index (χ1) is 7.79. The zero-order chi connectivity index (χ0) is 11.1. The molecule has 0 bridgehead atoms. The average Bonchev–Trinajstić information content (AvgIpc) is 2.90. The molecular formula is C13H21N3. The Balaban J connectivity index is 1.97. The highest BCUT2D eigenvalue weighted by atomic mass is 15.1. The summed E-state index contributed by atoms with van der Waals surface area (Å²) in [5.74, 6) is 0.759. The lowest BCUT2D eigenvalue weighted by molar-refractivity contribution is 0.348. The third kappa shape index (κ3) is 1.50. The molecule has 0 saturated heterocycles. The Hall–Kier alpha value is -0.800. The van der Waals surface area contributed by atoms with Gasteiger partial charge in [-0.25, -0.2) is 0 Å². The fourth-order valence-corrected chi connectivity index (χ4v) is 3.38. The summed E-state index contributed by atoms with van der Waals surface area (Å²) >= 11 is 0. The lowest BCUT2D eigenvalue weighted by Crippen LogP contribution is -2.12. The van der Waals surface area contributed by atoms with Crippen LogP contribution >= 0.6 is 0 Å². The van der Waals surface area contributed by atoms with Crippen molar-refractivity contribution in [2.24, 2.45) is 5.73 Å². The van der Waals surface area contributed by atoms with Crippen molar-refractivity contribution >= 4 is 0 Å². The van der Waals surface area contributed by atoms with Gasteiger partial charge in [0.2, 0.25) is 0 Å². The number of H-pyrrole nitrogens is 1. The number of aromatic amines is 1. The molecule has 1 aliphatic heterocycles. The Morgan fingerprint density at radius 1 is 1.31 bits per heavy atom. The summed E-state index contributed by atoms with van der Waals surface area (Å²) in [4.78, 5) is 6.01. The SMILES string of the molecule is CN1Cc2[nH]c(C3CCCC3)c(CN)c2C1. The summed E-state index contributed by atoms with van der Waals surface area (Å²) in [7, 11) is 2.17. The Morgan fingerprint density at radius 3 is 2.75 bits per heavy atom. The van der Waals surface area contributed by atoms with Crippen LogP contribution in [0.15, 0.2) is 0 Å². The van der Waals surface area contributed by atoms with Crippen molar-refractivity contribution in [3.8, 4) is 0 Å². The molecule has 0 atom stereocenters. The minimum absolute atomic E-state index is 0.700. The highest BCUT2D eigenvalue weighted by Gasteiger charge is 2.28. The van der Waals surface area contributed by atoms with E-state index >= 15 is 0 Å². The van der Waals surface area contributed by atoms with Crippen molar-refractivity contribution in [3.05, 3.63) is 22.5 Å². The minimum atomic E-state index is 0.700. The van der Waals surface area contributed by atoms with Gasteiger partial charge in [0.25, 0.3) is 0 Å². The first kappa shape index (κ1) is 10.4. The molecule has 1 saturated carbocycles. The number of nitrogens with zero attached hydrogens (tertiary/aromatic N) is 1. The van der Waals surface area contributed by atoms with Crippen LogP contribution in [0, 0.1) is 0 Å². The molecule has 1 aromatic heterocycles. The van der Waals surface area contributed by atoms with E-state index in [0.717, 1.165) is 19.0 Å². The van der Waals surface area contributed by atoms with Crippen LogP contribution in [0.25, 0.3) is 0 Å². The maximum atomic E-state index is 5.94. The van der Waals surface area contributed by atoms with Crippen LogP contribution in [-0.2, 0) is 19.6 Å². The van der Waals surface area contributed by atoms with E-state index < -0.39 is 0 Å². The second-order valence-corrected chi connectivity index (χ2v) is 5.33. The molecule has 16 heavy (non-hydrogen) atoms. The number of hydrogen-bond acceptors (Lipinski definition) is 2. The lowest BCUT2D eigenvalue weighted by Gasteiger charge is -2.13. The van der Waals surface area contributed by atoms with Gasteiger partial charge in [-0.3, -0.25) is 4.90 Å². The summed E-state index contributed by atoms with van der Waals surface area (Å²) in [5, 5.41) is 0. The largest absolute Gasteiger partial charge is 0.360 e. The Morgan fingerprint density at radius 2 is 2.06 bits per heavy atom. The zero-order valence-electron chi connectivity index (χ0n) is 10.1. The summed E-state index contributed by atoms with van der Waals surface area (Å²) < 4.78 is 0. The third-order valence-electron chi connectivity index (χ3n) is 4.16. The number of nitrogens with one attached hydrogen (secondary N) is 1. The smallest absolute Gasteiger partial charge is 0.0389 e. The van der Waals surface area contributed by atoms with Crippen molar-refractivity contribution in [2.75, 3.05) is 7.05 Å². The molecular weight excluding hydrogens is 198 g/mol. The van der Waals surface area contributed by atoms with Crippen LogP contribution in [-0.4, -0.2) is 16.9 Å². The molecule has 0 spiro atoms. The van der Waals surface area contributed by atoms with Crippen molar-refractivity contribution in [1.82, 2.24) is 9.88 Å². The second-order valence-electron chi connectivity index (χ2n) is 5.33. The first-order valence-corrected chi connectivity index (χ1v) is 6.40. The quantitative estimate of drug-likeness (QED) is 0.800. The molecule has 2 heterocycles. The topological polar surface area (TPSA) is 45.0 Å². The van der Waals surface area contributed by atoms with E-state index in [9.17, 15) is 0 Å². The van der Waals surface area contributed by atoms with Gasteiger partial charge >= 0.3 is 0 Å². The maximum absolute atomic E-state index is 5.94. The molecule has 2 aliphatic rings. The predicted octanol–water partition coefficient (Wildman–Crippen LogP) is 2.08. The number of rotatable bonds is 2. The van der Waals surface area contributed by atoms with Crippen molar-refractivity contribution in [1.29, 1.82) is 0 Å². The maximum Gasteiger partial charge on any atom is 0.0389 e. The van der Waals surface area contributed by atoms with Gasteiger partial charge in [-0.1, -0.05) is 12.8 Å². The summed E-state index contributed by atoms with van der Waals surface area (Å²) in [6.07, 6.45) is 5.47. The Bertz CT molecular complexity index is 388. The monoisotopic (exact) mass is 219 g/mol. The molecule has 3 N–H and O–H groups in total. The average molecular weight is 219 g/mol. The van der Waals surface area contributed by atoms with Gasteiger partial charge in [0, 0.05) is 31.0 Å². The van der Waals surface area contributed by atoms with Gasteiger partial charge in [0.15, 0.2) is 0 Å². The van der Waals surface area contributed by atoms with Crippen molar-refractivity contribution in [2.45, 2.75) is 51.2 Å². The van der Waals surface area contributed by atoms with Crippen LogP contribution in [0.1, 0.15) is 54.1 Å². The van der Waals surface area contributed by atoms with E-state index in [1.807, 2.05) is 0 Å². The van der Waals surface area contributed by atoms with E-state index in [1.54, 1.807) is 0 Å². The molecule has 0 radical (unpaired) electrons. The molecule has 3 heteroatoms. The van der Waals surface area contributed by atoms with E-state index in [-0.39, 0.29) is 0 Å². The molecule has 1 fully saturated rings. The second kappa shape index (κ2) is 3.90. The molecule has 0 aromatic carbocycles. The summed E-state index contributed by atoms with van der Waals surface area (Å²) in [6.45, 7) is 2.84. The van der Waals surface area contributed by atoms with Crippen LogP contribution in [0.3, 0.4) is 0 Å². The first-order valence-electron chi connectivity index (χ1n) is 6.40. The number of nitrogens with two attached hydrogens (primary N) is 1. The van der Waals surface area contributed by atoms with Gasteiger partial charge < -0.3 is 10.7 Å². The number of fused-ring (bicyclic) bond motifs is 1. The van der Waals surface area contributed by atoms with E-state index in [1.165, 1.54) is 48.2 Å². The molecule has 88 valence electrons. The van der Waals surface area contributed by atoms with Gasteiger partial charge in [-0.2, -0.15) is 0 Å². The standard InChI is InChI=1S/C13H21N3/c1-16-7-11-10(6-14)13(15-12(11)8-16)9-4-2-3-5-9/h9,15H,2-8,14H2,1H3. The van der Waals surface area contributed by atoms with Crippen molar-refractivity contribution < 1.29 is 0 Å². The normalized spacial score (nSPS) is 21.9. The lowest BCUT2D eigenvalue weighted by atomic mass is 9.98. The molecule has 0 unspecified atom stereocenters. The van der Waals surface area contributed by atoms with Crippen molar-refractivity contribution in [3.63, 3.8) is 0 Å². The summed E-state index contributed by atoms with van der Waals surface area (Å²) in [6, 6.07) is 0.